The number of fused-ring (bicyclic) bond motifs is 1. The van der Waals surface area contributed by atoms with E-state index in [1.165, 1.54) is 6.07 Å². The normalized spacial score (nSPS) is 29.4. The fourth-order valence-electron chi connectivity index (χ4n) is 5.50. The number of hydrogen-bond donors (Lipinski definition) is 11. The maximum Gasteiger partial charge on any atom is 0.317 e. The number of esters is 1. The van der Waals surface area contributed by atoms with Crippen molar-refractivity contribution in [3.63, 3.8) is 0 Å². The molecule has 0 amide bonds. The van der Waals surface area contributed by atoms with Crippen LogP contribution in [0.15, 0.2) is 33.5 Å². The standard InChI is InChI=1S/C29H30O18/c30-9-2-1-8(3-10(9)31)13-4-11(32)17-22(39)18(23(40)19(27(17)46-13)28-25(42)20(37)12(33)6-45-28)29-26(43)24(41)21(38)14(47-29)7-44-16(36)5-15(34)35/h1-4,12,14,20-21,24-26,28-31,33,37-43H,5-7H2,(H,34,35). The molecule has 3 aromatic rings. The maximum absolute atomic E-state index is 13.5. The molecular formula is C29H30O18. The molecule has 2 fully saturated rings. The van der Waals surface area contributed by atoms with Gasteiger partial charge in [-0.1, -0.05) is 0 Å². The molecule has 47 heavy (non-hydrogen) atoms. The minimum absolute atomic E-state index is 0.0253. The summed E-state index contributed by atoms with van der Waals surface area (Å²) in [6.45, 7) is -1.47. The summed E-state index contributed by atoms with van der Waals surface area (Å²) in [5, 5.41) is 114. The van der Waals surface area contributed by atoms with Crippen molar-refractivity contribution in [3.05, 3.63) is 45.6 Å². The van der Waals surface area contributed by atoms with Gasteiger partial charge < -0.3 is 74.8 Å². The number of benzene rings is 2. The molecular weight excluding hydrogens is 636 g/mol. The Morgan fingerprint density at radius 2 is 1.49 bits per heavy atom. The van der Waals surface area contributed by atoms with E-state index in [1.54, 1.807) is 0 Å². The van der Waals surface area contributed by atoms with Crippen molar-refractivity contribution >= 4 is 22.9 Å². The molecule has 1 aromatic heterocycles. The number of aliphatic hydroxyl groups is 6. The quantitative estimate of drug-likeness (QED) is 0.0736. The van der Waals surface area contributed by atoms with Crippen molar-refractivity contribution in [2.45, 2.75) is 61.4 Å². The van der Waals surface area contributed by atoms with Crippen LogP contribution in [-0.4, -0.2) is 124 Å². The lowest BCUT2D eigenvalue weighted by Gasteiger charge is -2.41. The summed E-state index contributed by atoms with van der Waals surface area (Å²) < 4.78 is 21.8. The molecule has 0 spiro atoms. The van der Waals surface area contributed by atoms with Crippen molar-refractivity contribution in [1.29, 1.82) is 0 Å². The van der Waals surface area contributed by atoms with E-state index in [0.717, 1.165) is 18.2 Å². The predicted molar refractivity (Wildman–Crippen MR) is 150 cm³/mol. The Hall–Kier alpha value is -4.53. The summed E-state index contributed by atoms with van der Waals surface area (Å²) in [7, 11) is 0. The van der Waals surface area contributed by atoms with Gasteiger partial charge in [0.05, 0.1) is 17.7 Å². The van der Waals surface area contributed by atoms with Gasteiger partial charge in [0.25, 0.3) is 0 Å². The molecule has 9 atom stereocenters. The minimum atomic E-state index is -2.14. The number of phenolic OH excluding ortho intramolecular Hbond substituents is 4. The van der Waals surface area contributed by atoms with Gasteiger partial charge in [-0.3, -0.25) is 14.4 Å². The fraction of sp³-hybridized carbons (Fsp3) is 0.414. The maximum atomic E-state index is 13.5. The zero-order valence-electron chi connectivity index (χ0n) is 23.9. The zero-order chi connectivity index (χ0) is 34.5. The van der Waals surface area contributed by atoms with E-state index in [9.17, 15) is 65.4 Å². The van der Waals surface area contributed by atoms with E-state index in [1.807, 2.05) is 0 Å². The molecule has 18 heteroatoms. The molecule has 3 heterocycles. The van der Waals surface area contributed by atoms with Crippen LogP contribution in [0, 0.1) is 0 Å². The molecule has 9 unspecified atom stereocenters. The summed E-state index contributed by atoms with van der Waals surface area (Å²) in [4.78, 5) is 36.1. The van der Waals surface area contributed by atoms with Crippen molar-refractivity contribution in [2.24, 2.45) is 0 Å². The third kappa shape index (κ3) is 6.15. The second-order valence-electron chi connectivity index (χ2n) is 11.0. The summed E-state index contributed by atoms with van der Waals surface area (Å²) >= 11 is 0. The summed E-state index contributed by atoms with van der Waals surface area (Å²) in [5.74, 6) is -6.29. The number of ether oxygens (including phenoxy) is 3. The Morgan fingerprint density at radius 3 is 2.15 bits per heavy atom. The van der Waals surface area contributed by atoms with Crippen LogP contribution in [0.3, 0.4) is 0 Å². The highest BCUT2D eigenvalue weighted by Gasteiger charge is 2.49. The molecule has 254 valence electrons. The highest BCUT2D eigenvalue weighted by molar-refractivity contribution is 5.92. The van der Waals surface area contributed by atoms with E-state index in [0.29, 0.717) is 0 Å². The number of hydrogen-bond acceptors (Lipinski definition) is 17. The second-order valence-corrected chi connectivity index (χ2v) is 11.0. The summed E-state index contributed by atoms with van der Waals surface area (Å²) in [6, 6.07) is 4.22. The summed E-state index contributed by atoms with van der Waals surface area (Å²) in [6.07, 6.45) is -18.2. The molecule has 0 aliphatic carbocycles. The van der Waals surface area contributed by atoms with Gasteiger partial charge in [0.1, 0.15) is 90.6 Å². The van der Waals surface area contributed by atoms with E-state index in [-0.39, 0.29) is 11.3 Å². The Kier molecular flexibility index (Phi) is 9.31. The number of carbonyl (C=O) groups is 2. The molecule has 2 aromatic carbocycles. The van der Waals surface area contributed by atoms with E-state index >= 15 is 0 Å². The average Bonchev–Trinajstić information content (AvgIpc) is 3.01. The first-order valence-electron chi connectivity index (χ1n) is 13.9. The van der Waals surface area contributed by atoms with Gasteiger partial charge in [0.15, 0.2) is 22.5 Å². The van der Waals surface area contributed by atoms with Crippen LogP contribution in [-0.2, 0) is 23.8 Å². The van der Waals surface area contributed by atoms with Crippen molar-refractivity contribution < 1.29 is 84.4 Å². The summed E-state index contributed by atoms with van der Waals surface area (Å²) in [5.41, 5.74) is -3.01. The number of aliphatic hydroxyl groups excluding tert-OH is 6. The highest BCUT2D eigenvalue weighted by Crippen LogP contribution is 2.50. The van der Waals surface area contributed by atoms with E-state index in [2.05, 4.69) is 0 Å². The fourth-order valence-corrected chi connectivity index (χ4v) is 5.50. The first-order valence-corrected chi connectivity index (χ1v) is 13.9. The average molecular weight is 667 g/mol. The third-order valence-electron chi connectivity index (χ3n) is 7.94. The molecule has 2 aliphatic heterocycles. The second kappa shape index (κ2) is 12.9. The predicted octanol–water partition coefficient (Wildman–Crippen LogP) is -2.02. The van der Waals surface area contributed by atoms with Crippen LogP contribution in [0.25, 0.3) is 22.3 Å². The number of carboxylic acid groups (broad SMARTS) is 1. The molecule has 0 bridgehead atoms. The smallest absolute Gasteiger partial charge is 0.317 e. The third-order valence-corrected chi connectivity index (χ3v) is 7.94. The topological polar surface area (TPSA) is 315 Å². The Morgan fingerprint density at radius 1 is 0.809 bits per heavy atom. The van der Waals surface area contributed by atoms with Crippen LogP contribution in [0.4, 0.5) is 0 Å². The lowest BCUT2D eigenvalue weighted by molar-refractivity contribution is -0.235. The van der Waals surface area contributed by atoms with Crippen molar-refractivity contribution in [3.8, 4) is 34.3 Å². The highest BCUT2D eigenvalue weighted by atomic mass is 16.6. The van der Waals surface area contributed by atoms with Gasteiger partial charge in [-0.15, -0.1) is 0 Å². The van der Waals surface area contributed by atoms with Crippen LogP contribution >= 0.6 is 0 Å². The Labute approximate surface area is 262 Å². The Balaban J connectivity index is 1.70. The van der Waals surface area contributed by atoms with Gasteiger partial charge >= 0.3 is 11.9 Å². The van der Waals surface area contributed by atoms with E-state index < -0.39 is 137 Å². The SMILES string of the molecule is O=C(O)CC(=O)OCC1OC(c2c(O)c(C3OCC(O)C(O)C3O)c3oc(-c4ccc(O)c(O)c4)cc(=O)c3c2O)C(O)C(O)C1O. The first kappa shape index (κ1) is 33.8. The van der Waals surface area contributed by atoms with Gasteiger partial charge in [0.2, 0.25) is 0 Å². The number of rotatable bonds is 7. The Bertz CT molecular complexity index is 1750. The first-order chi connectivity index (χ1) is 22.1. The molecule has 11 N–H and O–H groups in total. The number of phenols is 4. The molecule has 2 saturated heterocycles. The molecule has 18 nitrogen and oxygen atoms in total. The van der Waals surface area contributed by atoms with Crippen LogP contribution in [0.2, 0.25) is 0 Å². The van der Waals surface area contributed by atoms with Crippen LogP contribution < -0.4 is 5.43 Å². The van der Waals surface area contributed by atoms with Crippen LogP contribution in [0.5, 0.6) is 23.0 Å². The lowest BCUT2D eigenvalue weighted by Crippen LogP contribution is -2.55. The van der Waals surface area contributed by atoms with Gasteiger partial charge in [0, 0.05) is 11.6 Å². The van der Waals surface area contributed by atoms with Gasteiger partial charge in [-0.05, 0) is 18.2 Å². The largest absolute Gasteiger partial charge is 0.507 e. The monoisotopic (exact) mass is 666 g/mol. The molecule has 2 aliphatic rings. The lowest BCUT2D eigenvalue weighted by atomic mass is 9.85. The van der Waals surface area contributed by atoms with Crippen molar-refractivity contribution in [2.75, 3.05) is 13.2 Å². The van der Waals surface area contributed by atoms with Crippen molar-refractivity contribution in [1.82, 2.24) is 0 Å². The minimum Gasteiger partial charge on any atom is -0.507 e. The number of carboxylic acids is 1. The van der Waals surface area contributed by atoms with Gasteiger partial charge in [-0.25, -0.2) is 0 Å². The number of aromatic hydroxyl groups is 4. The van der Waals surface area contributed by atoms with E-state index in [4.69, 9.17) is 23.7 Å². The molecule has 5 rings (SSSR count). The zero-order valence-corrected chi connectivity index (χ0v) is 23.9. The number of aliphatic carboxylic acids is 1. The van der Waals surface area contributed by atoms with Crippen LogP contribution in [0.1, 0.15) is 29.8 Å². The molecule has 0 radical (unpaired) electrons. The molecule has 0 saturated carbocycles. The van der Waals surface area contributed by atoms with Gasteiger partial charge in [-0.2, -0.15) is 0 Å². The number of carbonyl (C=O) groups excluding carboxylic acids is 1.